The molecule has 0 fully saturated rings. The van der Waals surface area contributed by atoms with E-state index in [0.717, 1.165) is 49.4 Å². The Labute approximate surface area is 313 Å². The first-order valence-electron chi connectivity index (χ1n) is 18.3. The number of aromatic nitrogens is 3. The van der Waals surface area contributed by atoms with Crippen molar-refractivity contribution in [1.82, 2.24) is 15.0 Å². The van der Waals surface area contributed by atoms with Crippen molar-refractivity contribution in [3.8, 4) is 67.5 Å². The lowest BCUT2D eigenvalue weighted by molar-refractivity contribution is 1.08. The fourth-order valence-electron chi connectivity index (χ4n) is 7.63. The molecule has 10 rings (SSSR count). The number of hydrogen-bond acceptors (Lipinski definition) is 3. The molecule has 0 bridgehead atoms. The Balaban J connectivity index is 1.13. The molecule has 0 saturated heterocycles. The third-order valence-corrected chi connectivity index (χ3v) is 10.3. The lowest BCUT2D eigenvalue weighted by atomic mass is 9.95. The second-order valence-electron chi connectivity index (χ2n) is 13.6. The number of fused-ring (bicyclic) bond motifs is 3. The van der Waals surface area contributed by atoms with Gasteiger partial charge in [0.25, 0.3) is 0 Å². The van der Waals surface area contributed by atoms with E-state index < -0.39 is 0 Å². The van der Waals surface area contributed by atoms with Crippen molar-refractivity contribution in [3.63, 3.8) is 0 Å². The van der Waals surface area contributed by atoms with Crippen LogP contribution in [0.3, 0.4) is 0 Å². The summed E-state index contributed by atoms with van der Waals surface area (Å²) in [6, 6.07) is 70.6. The molecule has 1 heterocycles. The van der Waals surface area contributed by atoms with Crippen LogP contribution in [0.1, 0.15) is 0 Å². The zero-order chi connectivity index (χ0) is 35.8. The fourth-order valence-corrected chi connectivity index (χ4v) is 7.63. The normalized spacial score (nSPS) is 11.3. The molecule has 0 amide bonds. The van der Waals surface area contributed by atoms with E-state index in [4.69, 9.17) is 15.0 Å². The molecular formula is C51H33N3. The van der Waals surface area contributed by atoms with E-state index in [2.05, 4.69) is 194 Å². The SMILES string of the molecule is c1ccc(-c2cccc(-c3nc(-c4ccc5cc(-c6cccc7ccccc67)ccc5c4)nc(-c4cccc5c(-c6ccccc6)cccc45)n3)c2)cc1. The first-order chi connectivity index (χ1) is 26.7. The van der Waals surface area contributed by atoms with Crippen LogP contribution in [0, 0.1) is 0 Å². The van der Waals surface area contributed by atoms with Crippen molar-refractivity contribution < 1.29 is 0 Å². The average molecular weight is 688 g/mol. The van der Waals surface area contributed by atoms with Crippen LogP contribution in [-0.2, 0) is 0 Å². The number of nitrogens with zero attached hydrogens (tertiary/aromatic N) is 3. The molecule has 0 saturated carbocycles. The topological polar surface area (TPSA) is 38.7 Å². The summed E-state index contributed by atoms with van der Waals surface area (Å²) in [5.41, 5.74) is 9.88. The zero-order valence-corrected chi connectivity index (χ0v) is 29.4. The molecular weight excluding hydrogens is 655 g/mol. The Bertz CT molecular complexity index is 2980. The summed E-state index contributed by atoms with van der Waals surface area (Å²) in [4.78, 5) is 15.6. The molecule has 0 radical (unpaired) electrons. The molecule has 252 valence electrons. The van der Waals surface area contributed by atoms with Crippen LogP contribution in [0.4, 0.5) is 0 Å². The largest absolute Gasteiger partial charge is 0.208 e. The summed E-state index contributed by atoms with van der Waals surface area (Å²) in [7, 11) is 0. The van der Waals surface area contributed by atoms with Gasteiger partial charge in [0.2, 0.25) is 0 Å². The highest BCUT2D eigenvalue weighted by molar-refractivity contribution is 6.04. The standard InChI is InChI=1S/C51H33N3/c1-3-13-34(14-4-1)37-19-9-20-41(32-37)49-52-50(54-51(53-49)48-26-12-24-46-44(23-11-25-47(46)48)35-15-5-2-6-16-35)42-30-28-38-31-40(29-27-39(38)33-42)45-22-10-18-36-17-7-8-21-43(36)45/h1-33H. The van der Waals surface area contributed by atoms with Gasteiger partial charge in [-0.2, -0.15) is 0 Å². The van der Waals surface area contributed by atoms with Crippen molar-refractivity contribution >= 4 is 32.3 Å². The van der Waals surface area contributed by atoms with Crippen LogP contribution in [0.5, 0.6) is 0 Å². The number of hydrogen-bond donors (Lipinski definition) is 0. The fraction of sp³-hybridized carbons (Fsp3) is 0. The lowest BCUT2D eigenvalue weighted by Gasteiger charge is -2.13. The van der Waals surface area contributed by atoms with Gasteiger partial charge in [-0.3, -0.25) is 0 Å². The average Bonchev–Trinajstić information content (AvgIpc) is 3.26. The maximum absolute atomic E-state index is 5.22. The minimum Gasteiger partial charge on any atom is -0.208 e. The molecule has 0 unspecified atom stereocenters. The van der Waals surface area contributed by atoms with E-state index in [0.29, 0.717) is 17.5 Å². The molecule has 3 heteroatoms. The molecule has 0 aliphatic rings. The minimum atomic E-state index is 0.635. The van der Waals surface area contributed by atoms with Gasteiger partial charge >= 0.3 is 0 Å². The Morgan fingerprint density at radius 2 is 0.685 bits per heavy atom. The Kier molecular flexibility index (Phi) is 7.81. The molecule has 10 aromatic rings. The maximum atomic E-state index is 5.22. The Morgan fingerprint density at radius 1 is 0.222 bits per heavy atom. The van der Waals surface area contributed by atoms with Gasteiger partial charge in [-0.1, -0.05) is 182 Å². The van der Waals surface area contributed by atoms with E-state index in [1.807, 2.05) is 6.07 Å². The van der Waals surface area contributed by atoms with Gasteiger partial charge < -0.3 is 0 Å². The van der Waals surface area contributed by atoms with E-state index in [1.165, 1.54) is 33.0 Å². The quantitative estimate of drug-likeness (QED) is 0.175. The summed E-state index contributed by atoms with van der Waals surface area (Å²) in [6.07, 6.45) is 0. The summed E-state index contributed by atoms with van der Waals surface area (Å²) < 4.78 is 0. The number of rotatable bonds is 6. The molecule has 0 atom stereocenters. The van der Waals surface area contributed by atoms with Crippen LogP contribution in [-0.4, -0.2) is 15.0 Å². The minimum absolute atomic E-state index is 0.635. The predicted octanol–water partition coefficient (Wildman–Crippen LogP) is 13.3. The summed E-state index contributed by atoms with van der Waals surface area (Å²) in [6.45, 7) is 0. The van der Waals surface area contributed by atoms with E-state index in [9.17, 15) is 0 Å². The van der Waals surface area contributed by atoms with E-state index >= 15 is 0 Å². The van der Waals surface area contributed by atoms with Crippen molar-refractivity contribution in [2.75, 3.05) is 0 Å². The predicted molar refractivity (Wildman–Crippen MR) is 225 cm³/mol. The van der Waals surface area contributed by atoms with Gasteiger partial charge in [0.1, 0.15) is 0 Å². The van der Waals surface area contributed by atoms with Gasteiger partial charge in [-0.25, -0.2) is 15.0 Å². The molecule has 0 N–H and O–H groups in total. The van der Waals surface area contributed by atoms with Gasteiger partial charge in [0.05, 0.1) is 0 Å². The summed E-state index contributed by atoms with van der Waals surface area (Å²) in [5.74, 6) is 1.91. The van der Waals surface area contributed by atoms with Gasteiger partial charge in [-0.15, -0.1) is 0 Å². The van der Waals surface area contributed by atoms with Crippen LogP contribution in [0.15, 0.2) is 200 Å². The second kappa shape index (κ2) is 13.4. The van der Waals surface area contributed by atoms with Gasteiger partial charge in [-0.05, 0) is 83.9 Å². The van der Waals surface area contributed by atoms with Crippen LogP contribution in [0.25, 0.3) is 99.9 Å². The second-order valence-corrected chi connectivity index (χ2v) is 13.6. The van der Waals surface area contributed by atoms with Crippen molar-refractivity contribution in [1.29, 1.82) is 0 Å². The van der Waals surface area contributed by atoms with Crippen LogP contribution >= 0.6 is 0 Å². The van der Waals surface area contributed by atoms with Crippen LogP contribution in [0.2, 0.25) is 0 Å². The molecule has 54 heavy (non-hydrogen) atoms. The molecule has 1 aromatic heterocycles. The first kappa shape index (κ1) is 31.5. The Morgan fingerprint density at radius 3 is 1.44 bits per heavy atom. The highest BCUT2D eigenvalue weighted by atomic mass is 15.0. The zero-order valence-electron chi connectivity index (χ0n) is 29.4. The highest BCUT2D eigenvalue weighted by Crippen LogP contribution is 2.36. The van der Waals surface area contributed by atoms with E-state index in [1.54, 1.807) is 0 Å². The summed E-state index contributed by atoms with van der Waals surface area (Å²) in [5, 5.41) is 7.04. The van der Waals surface area contributed by atoms with Gasteiger partial charge in [0, 0.05) is 16.7 Å². The molecule has 0 spiro atoms. The smallest absolute Gasteiger partial charge is 0.164 e. The van der Waals surface area contributed by atoms with Gasteiger partial charge in [0.15, 0.2) is 17.5 Å². The summed E-state index contributed by atoms with van der Waals surface area (Å²) >= 11 is 0. The third-order valence-electron chi connectivity index (χ3n) is 10.3. The van der Waals surface area contributed by atoms with Crippen molar-refractivity contribution in [2.45, 2.75) is 0 Å². The Hall–Kier alpha value is -7.23. The monoisotopic (exact) mass is 687 g/mol. The highest BCUT2D eigenvalue weighted by Gasteiger charge is 2.17. The first-order valence-corrected chi connectivity index (χ1v) is 18.3. The van der Waals surface area contributed by atoms with Crippen molar-refractivity contribution in [3.05, 3.63) is 200 Å². The molecule has 0 aliphatic heterocycles. The molecule has 9 aromatic carbocycles. The van der Waals surface area contributed by atoms with E-state index in [-0.39, 0.29) is 0 Å². The maximum Gasteiger partial charge on any atom is 0.164 e. The third kappa shape index (κ3) is 5.78. The number of benzene rings is 9. The van der Waals surface area contributed by atoms with Crippen molar-refractivity contribution in [2.24, 2.45) is 0 Å². The lowest BCUT2D eigenvalue weighted by Crippen LogP contribution is -2.01. The molecule has 3 nitrogen and oxygen atoms in total. The van der Waals surface area contributed by atoms with Crippen LogP contribution < -0.4 is 0 Å². The molecule has 0 aliphatic carbocycles.